The first-order valence-corrected chi connectivity index (χ1v) is 8.58. The maximum Gasteiger partial charge on any atom is 0.231 e. The smallest absolute Gasteiger partial charge is 0.231 e. The maximum absolute atomic E-state index is 9.32. The monoisotopic (exact) mass is 379 g/mol. The second kappa shape index (κ2) is 7.48. The predicted molar refractivity (Wildman–Crippen MR) is 99.6 cm³/mol. The zero-order valence-electron chi connectivity index (χ0n) is 14.1. The van der Waals surface area contributed by atoms with Crippen LogP contribution in [0.1, 0.15) is 11.1 Å². The van der Waals surface area contributed by atoms with E-state index in [9.17, 15) is 5.26 Å². The second-order valence-electron chi connectivity index (χ2n) is 5.78. The summed E-state index contributed by atoms with van der Waals surface area (Å²) in [7, 11) is 0. The first-order valence-electron chi connectivity index (χ1n) is 8.21. The molecular weight excluding hydrogens is 366 g/mol. The van der Waals surface area contributed by atoms with Crippen LogP contribution in [-0.4, -0.2) is 6.79 Å². The van der Waals surface area contributed by atoms with Crippen molar-refractivity contribution in [3.05, 3.63) is 76.8 Å². The van der Waals surface area contributed by atoms with Crippen molar-refractivity contribution in [3.63, 3.8) is 0 Å². The summed E-state index contributed by atoms with van der Waals surface area (Å²) in [6, 6.07) is 19.9. The average Bonchev–Trinajstić information content (AvgIpc) is 3.16. The molecule has 0 bridgehead atoms. The summed E-state index contributed by atoms with van der Waals surface area (Å²) in [5.74, 6) is 2.87. The third-order valence-corrected chi connectivity index (χ3v) is 4.28. The largest absolute Gasteiger partial charge is 0.489 e. The van der Waals surface area contributed by atoms with Crippen molar-refractivity contribution in [2.75, 3.05) is 6.79 Å². The number of benzene rings is 3. The van der Waals surface area contributed by atoms with Crippen LogP contribution in [-0.2, 0) is 6.61 Å². The van der Waals surface area contributed by atoms with E-state index in [1.54, 1.807) is 30.3 Å². The van der Waals surface area contributed by atoms with Crippen LogP contribution in [0.25, 0.3) is 0 Å². The fraction of sp³-hybridized carbons (Fsp3) is 0.0952. The number of fused-ring (bicyclic) bond motifs is 1. The summed E-state index contributed by atoms with van der Waals surface area (Å²) in [6.07, 6.45) is 0. The highest BCUT2D eigenvalue weighted by molar-refractivity contribution is 6.32. The molecule has 0 saturated heterocycles. The van der Waals surface area contributed by atoms with Crippen molar-refractivity contribution in [3.8, 4) is 34.8 Å². The Balaban J connectivity index is 1.52. The maximum atomic E-state index is 9.32. The summed E-state index contributed by atoms with van der Waals surface area (Å²) in [6.45, 7) is 0.575. The van der Waals surface area contributed by atoms with Crippen LogP contribution in [0.3, 0.4) is 0 Å². The molecule has 6 heteroatoms. The number of rotatable bonds is 5. The Bertz CT molecular complexity index is 1030. The molecule has 5 nitrogen and oxygen atoms in total. The Morgan fingerprint density at radius 3 is 2.67 bits per heavy atom. The van der Waals surface area contributed by atoms with E-state index >= 15 is 0 Å². The molecule has 0 spiro atoms. The minimum absolute atomic E-state index is 0.234. The molecule has 0 fully saturated rings. The van der Waals surface area contributed by atoms with Gasteiger partial charge in [-0.3, -0.25) is 0 Å². The molecule has 0 radical (unpaired) electrons. The molecule has 4 rings (SSSR count). The summed E-state index contributed by atoms with van der Waals surface area (Å²) >= 11 is 6.14. The van der Waals surface area contributed by atoms with Gasteiger partial charge in [0.15, 0.2) is 11.5 Å². The van der Waals surface area contributed by atoms with Gasteiger partial charge in [-0.05, 0) is 42.0 Å². The zero-order chi connectivity index (χ0) is 18.6. The van der Waals surface area contributed by atoms with Gasteiger partial charge in [0.1, 0.15) is 29.9 Å². The van der Waals surface area contributed by atoms with E-state index in [-0.39, 0.29) is 6.79 Å². The van der Waals surface area contributed by atoms with Crippen molar-refractivity contribution in [1.29, 1.82) is 5.26 Å². The van der Waals surface area contributed by atoms with Gasteiger partial charge >= 0.3 is 0 Å². The summed E-state index contributed by atoms with van der Waals surface area (Å²) in [5, 5.41) is 9.79. The molecule has 1 aliphatic heterocycles. The fourth-order valence-corrected chi connectivity index (χ4v) is 2.79. The number of ether oxygens (including phenoxy) is 4. The number of nitrogens with zero attached hydrogens (tertiary/aromatic N) is 1. The lowest BCUT2D eigenvalue weighted by Gasteiger charge is -2.12. The minimum atomic E-state index is 0.234. The molecule has 1 heterocycles. The van der Waals surface area contributed by atoms with Crippen LogP contribution in [0.4, 0.5) is 0 Å². The number of nitriles is 1. The highest BCUT2D eigenvalue weighted by atomic mass is 35.5. The summed E-state index contributed by atoms with van der Waals surface area (Å²) in [5.41, 5.74) is 1.34. The van der Waals surface area contributed by atoms with Crippen molar-refractivity contribution < 1.29 is 18.9 Å². The lowest BCUT2D eigenvalue weighted by Crippen LogP contribution is -1.97. The lowest BCUT2D eigenvalue weighted by molar-refractivity contribution is 0.174. The van der Waals surface area contributed by atoms with E-state index in [1.807, 2.05) is 30.3 Å². The van der Waals surface area contributed by atoms with Crippen LogP contribution in [0, 0.1) is 11.3 Å². The Morgan fingerprint density at radius 1 is 0.963 bits per heavy atom. The van der Waals surface area contributed by atoms with Gasteiger partial charge in [0.25, 0.3) is 0 Å². The summed E-state index contributed by atoms with van der Waals surface area (Å²) < 4.78 is 22.3. The summed E-state index contributed by atoms with van der Waals surface area (Å²) in [4.78, 5) is 0. The number of para-hydroxylation sites is 1. The quantitative estimate of drug-likeness (QED) is 0.601. The topological polar surface area (TPSA) is 60.7 Å². The van der Waals surface area contributed by atoms with E-state index in [4.69, 9.17) is 30.5 Å². The molecule has 1 aliphatic rings. The average molecular weight is 380 g/mol. The first kappa shape index (κ1) is 17.1. The number of hydrogen-bond acceptors (Lipinski definition) is 5. The molecule has 0 aliphatic carbocycles. The van der Waals surface area contributed by atoms with Gasteiger partial charge < -0.3 is 18.9 Å². The minimum Gasteiger partial charge on any atom is -0.489 e. The van der Waals surface area contributed by atoms with Gasteiger partial charge in [0.2, 0.25) is 6.79 Å². The molecule has 0 saturated carbocycles. The van der Waals surface area contributed by atoms with Crippen LogP contribution in [0.15, 0.2) is 60.7 Å². The molecule has 134 valence electrons. The normalized spacial score (nSPS) is 11.7. The molecule has 3 aromatic carbocycles. The predicted octanol–water partition coefficient (Wildman–Crippen LogP) is 5.31. The van der Waals surface area contributed by atoms with Crippen LogP contribution < -0.4 is 18.9 Å². The molecule has 0 aromatic heterocycles. The van der Waals surface area contributed by atoms with Gasteiger partial charge in [-0.2, -0.15) is 5.26 Å². The van der Waals surface area contributed by atoms with Gasteiger partial charge in [0, 0.05) is 6.07 Å². The standard InChI is InChI=1S/C21H14ClNO4/c22-17-3-1-2-4-18(17)27-20-10-16(7-6-15(20)11-23)24-12-14-5-8-19-21(9-14)26-13-25-19/h1-10H,12-13H2. The van der Waals surface area contributed by atoms with Crippen molar-refractivity contribution in [2.24, 2.45) is 0 Å². The highest BCUT2D eigenvalue weighted by Crippen LogP contribution is 2.34. The molecule has 27 heavy (non-hydrogen) atoms. The molecule has 0 unspecified atom stereocenters. The Morgan fingerprint density at radius 2 is 1.81 bits per heavy atom. The fourth-order valence-electron chi connectivity index (χ4n) is 2.61. The molecular formula is C21H14ClNO4. The van der Waals surface area contributed by atoms with E-state index in [0.29, 0.717) is 40.2 Å². The van der Waals surface area contributed by atoms with Crippen molar-refractivity contribution in [2.45, 2.75) is 6.61 Å². The molecule has 3 aromatic rings. The van der Waals surface area contributed by atoms with E-state index in [1.165, 1.54) is 0 Å². The Labute approximate surface area is 161 Å². The zero-order valence-corrected chi connectivity index (χ0v) is 14.9. The third kappa shape index (κ3) is 3.76. The van der Waals surface area contributed by atoms with Crippen LogP contribution in [0.5, 0.6) is 28.7 Å². The second-order valence-corrected chi connectivity index (χ2v) is 6.19. The third-order valence-electron chi connectivity index (χ3n) is 3.97. The van der Waals surface area contributed by atoms with Crippen molar-refractivity contribution in [1.82, 2.24) is 0 Å². The number of hydrogen-bond donors (Lipinski definition) is 0. The Hall–Kier alpha value is -3.36. The van der Waals surface area contributed by atoms with Gasteiger partial charge in [-0.25, -0.2) is 0 Å². The SMILES string of the molecule is N#Cc1ccc(OCc2ccc3c(c2)OCO3)cc1Oc1ccccc1Cl. The first-order chi connectivity index (χ1) is 13.2. The van der Waals surface area contributed by atoms with Crippen molar-refractivity contribution >= 4 is 11.6 Å². The van der Waals surface area contributed by atoms with E-state index < -0.39 is 0 Å². The van der Waals surface area contributed by atoms with Gasteiger partial charge in [0.05, 0.1) is 10.6 Å². The Kier molecular flexibility index (Phi) is 4.73. The van der Waals surface area contributed by atoms with Gasteiger partial charge in [-0.1, -0.05) is 29.8 Å². The number of halogens is 1. The van der Waals surface area contributed by atoms with E-state index in [2.05, 4.69) is 6.07 Å². The van der Waals surface area contributed by atoms with E-state index in [0.717, 1.165) is 11.3 Å². The molecule has 0 N–H and O–H groups in total. The molecule has 0 amide bonds. The lowest BCUT2D eigenvalue weighted by atomic mass is 10.2. The van der Waals surface area contributed by atoms with Gasteiger partial charge in [-0.15, -0.1) is 0 Å². The molecule has 0 atom stereocenters. The van der Waals surface area contributed by atoms with Crippen LogP contribution >= 0.6 is 11.6 Å². The highest BCUT2D eigenvalue weighted by Gasteiger charge is 2.14. The van der Waals surface area contributed by atoms with Crippen LogP contribution in [0.2, 0.25) is 5.02 Å².